The van der Waals surface area contributed by atoms with E-state index in [-0.39, 0.29) is 0 Å². The van der Waals surface area contributed by atoms with Crippen LogP contribution >= 0.6 is 0 Å². The van der Waals surface area contributed by atoms with Gasteiger partial charge in [0, 0.05) is 12.1 Å². The minimum absolute atomic E-state index is 0.762. The minimum Gasteiger partial charge on any atom is -0.312 e. The zero-order valence-corrected chi connectivity index (χ0v) is 11.5. The second-order valence-electron chi connectivity index (χ2n) is 5.09. The van der Waals surface area contributed by atoms with Gasteiger partial charge in [-0.05, 0) is 51.7 Å². The highest BCUT2D eigenvalue weighted by molar-refractivity contribution is 4.90. The molecule has 1 N–H and O–H groups in total. The Morgan fingerprint density at radius 2 is 1.69 bits per heavy atom. The highest BCUT2D eigenvalue weighted by Gasteiger charge is 2.30. The Hall–Kier alpha value is -0.0800. The molecule has 0 aromatic carbocycles. The molecule has 1 aliphatic carbocycles. The highest BCUT2D eigenvalue weighted by atomic mass is 15.2. The van der Waals surface area contributed by atoms with E-state index in [2.05, 4.69) is 31.0 Å². The SMILES string of the molecule is CCCNC1CCCC1N(CCC)CCC. The van der Waals surface area contributed by atoms with Gasteiger partial charge in [-0.15, -0.1) is 0 Å². The molecule has 0 saturated heterocycles. The average molecular weight is 226 g/mol. The Kier molecular flexibility index (Phi) is 7.06. The van der Waals surface area contributed by atoms with E-state index in [1.807, 2.05) is 0 Å². The Balaban J connectivity index is 2.45. The number of hydrogen-bond donors (Lipinski definition) is 1. The maximum Gasteiger partial charge on any atom is 0.0249 e. The Bertz CT molecular complexity index is 164. The Morgan fingerprint density at radius 3 is 2.25 bits per heavy atom. The van der Waals surface area contributed by atoms with Crippen molar-refractivity contribution in [3.63, 3.8) is 0 Å². The predicted molar refractivity (Wildman–Crippen MR) is 71.9 cm³/mol. The third kappa shape index (κ3) is 4.06. The molecule has 1 rings (SSSR count). The summed E-state index contributed by atoms with van der Waals surface area (Å²) in [7, 11) is 0. The topological polar surface area (TPSA) is 15.3 Å². The first-order chi connectivity index (χ1) is 7.83. The molecule has 0 bridgehead atoms. The number of hydrogen-bond acceptors (Lipinski definition) is 2. The van der Waals surface area contributed by atoms with Gasteiger partial charge >= 0.3 is 0 Å². The molecule has 96 valence electrons. The van der Waals surface area contributed by atoms with Crippen LogP contribution in [0.3, 0.4) is 0 Å². The van der Waals surface area contributed by atoms with Crippen LogP contribution in [0.1, 0.15) is 59.3 Å². The molecule has 1 saturated carbocycles. The third-order valence-electron chi connectivity index (χ3n) is 3.63. The summed E-state index contributed by atoms with van der Waals surface area (Å²) in [4.78, 5) is 2.72. The molecule has 2 heteroatoms. The fraction of sp³-hybridized carbons (Fsp3) is 1.00. The molecule has 0 radical (unpaired) electrons. The van der Waals surface area contributed by atoms with Crippen LogP contribution in [0.25, 0.3) is 0 Å². The van der Waals surface area contributed by atoms with E-state index in [1.54, 1.807) is 0 Å². The quantitative estimate of drug-likeness (QED) is 0.684. The molecule has 0 spiro atoms. The van der Waals surface area contributed by atoms with Crippen molar-refractivity contribution in [3.8, 4) is 0 Å². The maximum atomic E-state index is 3.74. The fourth-order valence-corrected chi connectivity index (χ4v) is 2.96. The molecule has 1 aliphatic rings. The van der Waals surface area contributed by atoms with Crippen molar-refractivity contribution in [2.75, 3.05) is 19.6 Å². The monoisotopic (exact) mass is 226 g/mol. The largest absolute Gasteiger partial charge is 0.312 e. The smallest absolute Gasteiger partial charge is 0.0249 e. The molecule has 1 fully saturated rings. The zero-order valence-electron chi connectivity index (χ0n) is 11.5. The summed E-state index contributed by atoms with van der Waals surface area (Å²) in [5.41, 5.74) is 0. The van der Waals surface area contributed by atoms with Crippen LogP contribution in [0.4, 0.5) is 0 Å². The molecule has 0 aliphatic heterocycles. The van der Waals surface area contributed by atoms with Crippen LogP contribution in [-0.2, 0) is 0 Å². The van der Waals surface area contributed by atoms with Crippen LogP contribution < -0.4 is 5.32 Å². The lowest BCUT2D eigenvalue weighted by Gasteiger charge is -2.33. The van der Waals surface area contributed by atoms with Crippen LogP contribution in [0, 0.1) is 0 Å². The van der Waals surface area contributed by atoms with Crippen LogP contribution in [-0.4, -0.2) is 36.6 Å². The lowest BCUT2D eigenvalue weighted by molar-refractivity contribution is 0.172. The van der Waals surface area contributed by atoms with E-state index >= 15 is 0 Å². The Labute approximate surface area is 102 Å². The first-order valence-corrected chi connectivity index (χ1v) is 7.30. The number of rotatable bonds is 8. The summed E-state index contributed by atoms with van der Waals surface area (Å²) >= 11 is 0. The second kappa shape index (κ2) is 8.08. The van der Waals surface area contributed by atoms with Gasteiger partial charge in [0.1, 0.15) is 0 Å². The van der Waals surface area contributed by atoms with Crippen molar-refractivity contribution in [2.45, 2.75) is 71.4 Å². The second-order valence-corrected chi connectivity index (χ2v) is 5.09. The van der Waals surface area contributed by atoms with E-state index in [0.29, 0.717) is 0 Å². The van der Waals surface area contributed by atoms with Gasteiger partial charge < -0.3 is 5.32 Å². The first-order valence-electron chi connectivity index (χ1n) is 7.30. The maximum absolute atomic E-state index is 3.74. The van der Waals surface area contributed by atoms with Crippen molar-refractivity contribution in [1.29, 1.82) is 0 Å². The summed E-state index contributed by atoms with van der Waals surface area (Å²) in [6, 6.07) is 1.57. The van der Waals surface area contributed by atoms with Crippen LogP contribution in [0.15, 0.2) is 0 Å². The van der Waals surface area contributed by atoms with Gasteiger partial charge in [-0.1, -0.05) is 27.2 Å². The minimum atomic E-state index is 0.762. The van der Waals surface area contributed by atoms with Gasteiger partial charge in [-0.3, -0.25) is 4.90 Å². The van der Waals surface area contributed by atoms with E-state index in [1.165, 1.54) is 58.2 Å². The zero-order chi connectivity index (χ0) is 11.8. The fourth-order valence-electron chi connectivity index (χ4n) is 2.96. The van der Waals surface area contributed by atoms with Gasteiger partial charge in [0.05, 0.1) is 0 Å². The lowest BCUT2D eigenvalue weighted by Crippen LogP contribution is -2.47. The van der Waals surface area contributed by atoms with Crippen molar-refractivity contribution < 1.29 is 0 Å². The first kappa shape index (κ1) is 14.0. The van der Waals surface area contributed by atoms with E-state index in [9.17, 15) is 0 Å². The molecular formula is C14H30N2. The van der Waals surface area contributed by atoms with E-state index in [0.717, 1.165) is 12.1 Å². The summed E-state index contributed by atoms with van der Waals surface area (Å²) in [6.45, 7) is 10.6. The molecule has 2 unspecified atom stereocenters. The molecule has 2 atom stereocenters. The molecule has 16 heavy (non-hydrogen) atoms. The van der Waals surface area contributed by atoms with Crippen molar-refractivity contribution in [3.05, 3.63) is 0 Å². The molecule has 0 aromatic heterocycles. The Morgan fingerprint density at radius 1 is 1.00 bits per heavy atom. The van der Waals surface area contributed by atoms with Gasteiger partial charge in [0.2, 0.25) is 0 Å². The summed E-state index contributed by atoms with van der Waals surface area (Å²) in [5.74, 6) is 0. The lowest BCUT2D eigenvalue weighted by atomic mass is 10.1. The normalized spacial score (nSPS) is 25.5. The molecule has 2 nitrogen and oxygen atoms in total. The third-order valence-corrected chi connectivity index (χ3v) is 3.63. The predicted octanol–water partition coefficient (Wildman–Crippen LogP) is 3.03. The number of nitrogens with one attached hydrogen (secondary N) is 1. The van der Waals surface area contributed by atoms with Gasteiger partial charge in [-0.25, -0.2) is 0 Å². The highest BCUT2D eigenvalue weighted by Crippen LogP contribution is 2.24. The van der Waals surface area contributed by atoms with Crippen molar-refractivity contribution >= 4 is 0 Å². The molecular weight excluding hydrogens is 196 g/mol. The van der Waals surface area contributed by atoms with Gasteiger partial charge in [-0.2, -0.15) is 0 Å². The summed E-state index contributed by atoms with van der Waals surface area (Å²) in [5, 5.41) is 3.74. The van der Waals surface area contributed by atoms with E-state index in [4.69, 9.17) is 0 Å². The van der Waals surface area contributed by atoms with Gasteiger partial charge in [0.25, 0.3) is 0 Å². The average Bonchev–Trinajstić information content (AvgIpc) is 2.74. The molecule has 0 heterocycles. The molecule has 0 amide bonds. The van der Waals surface area contributed by atoms with Crippen molar-refractivity contribution in [1.82, 2.24) is 10.2 Å². The summed E-state index contributed by atoms with van der Waals surface area (Å²) < 4.78 is 0. The summed E-state index contributed by atoms with van der Waals surface area (Å²) in [6.07, 6.45) is 8.03. The van der Waals surface area contributed by atoms with Crippen molar-refractivity contribution in [2.24, 2.45) is 0 Å². The number of nitrogens with zero attached hydrogens (tertiary/aromatic N) is 1. The van der Waals surface area contributed by atoms with Gasteiger partial charge in [0.15, 0.2) is 0 Å². The molecule has 0 aromatic rings. The van der Waals surface area contributed by atoms with E-state index < -0.39 is 0 Å². The van der Waals surface area contributed by atoms with Crippen LogP contribution in [0.2, 0.25) is 0 Å². The standard InChI is InChI=1S/C14H30N2/c1-4-10-15-13-8-7-9-14(13)16(11-5-2)12-6-3/h13-15H,4-12H2,1-3H3. The van der Waals surface area contributed by atoms with Crippen LogP contribution in [0.5, 0.6) is 0 Å².